The maximum Gasteiger partial charge on any atom is 0.222 e. The third kappa shape index (κ3) is 3.63. The van der Waals surface area contributed by atoms with Crippen molar-refractivity contribution < 1.29 is 4.39 Å². The fourth-order valence-electron chi connectivity index (χ4n) is 2.31. The predicted octanol–water partition coefficient (Wildman–Crippen LogP) is 1.79. The summed E-state index contributed by atoms with van der Waals surface area (Å²) in [6.45, 7) is 1.67. The Labute approximate surface area is 101 Å². The molecule has 1 saturated carbocycles. The van der Waals surface area contributed by atoms with Crippen LogP contribution in [0.4, 0.5) is 10.3 Å². The molecule has 1 aromatic rings. The Hall–Kier alpha value is -1.23. The normalized spacial score (nSPS) is 24.6. The lowest BCUT2D eigenvalue weighted by Crippen LogP contribution is -2.25. The van der Waals surface area contributed by atoms with E-state index in [0.29, 0.717) is 17.8 Å². The second kappa shape index (κ2) is 5.91. The molecule has 0 saturated heterocycles. The molecule has 1 fully saturated rings. The number of hydrogen-bond donors (Lipinski definition) is 2. The van der Waals surface area contributed by atoms with Crippen molar-refractivity contribution in [1.82, 2.24) is 9.97 Å². The highest BCUT2D eigenvalue weighted by Gasteiger charge is 2.19. The molecule has 0 bridgehead atoms. The Morgan fingerprint density at radius 1 is 1.18 bits per heavy atom. The van der Waals surface area contributed by atoms with Crippen molar-refractivity contribution in [2.24, 2.45) is 17.6 Å². The zero-order valence-corrected chi connectivity index (χ0v) is 9.90. The van der Waals surface area contributed by atoms with Crippen molar-refractivity contribution in [2.75, 3.05) is 18.4 Å². The Kier molecular flexibility index (Phi) is 4.25. The lowest BCUT2D eigenvalue weighted by atomic mass is 9.82. The highest BCUT2D eigenvalue weighted by atomic mass is 19.1. The summed E-state index contributed by atoms with van der Waals surface area (Å²) in [6, 6.07) is 0. The number of hydrogen-bond acceptors (Lipinski definition) is 4. The van der Waals surface area contributed by atoms with Gasteiger partial charge in [0.25, 0.3) is 0 Å². The van der Waals surface area contributed by atoms with Gasteiger partial charge in [-0.1, -0.05) is 0 Å². The van der Waals surface area contributed by atoms with Crippen LogP contribution < -0.4 is 11.1 Å². The van der Waals surface area contributed by atoms with Crippen LogP contribution in [0.5, 0.6) is 0 Å². The molecule has 0 aliphatic heterocycles. The molecule has 1 aromatic heterocycles. The molecule has 0 radical (unpaired) electrons. The van der Waals surface area contributed by atoms with Crippen molar-refractivity contribution in [2.45, 2.75) is 25.7 Å². The maximum atomic E-state index is 12.6. The summed E-state index contributed by atoms with van der Waals surface area (Å²) in [4.78, 5) is 7.75. The molecule has 0 aromatic carbocycles. The van der Waals surface area contributed by atoms with E-state index in [4.69, 9.17) is 5.73 Å². The van der Waals surface area contributed by atoms with Gasteiger partial charge in [0.05, 0.1) is 12.4 Å². The first kappa shape index (κ1) is 12.2. The van der Waals surface area contributed by atoms with Crippen molar-refractivity contribution in [3.63, 3.8) is 0 Å². The van der Waals surface area contributed by atoms with Crippen LogP contribution in [0.1, 0.15) is 25.7 Å². The Bertz CT molecular complexity index is 333. The van der Waals surface area contributed by atoms with Crippen molar-refractivity contribution in [3.05, 3.63) is 18.2 Å². The SMILES string of the molecule is NCC1CCC(CNc2ncc(F)cn2)CC1. The minimum Gasteiger partial charge on any atom is -0.354 e. The van der Waals surface area contributed by atoms with Gasteiger partial charge in [-0.15, -0.1) is 0 Å². The van der Waals surface area contributed by atoms with Gasteiger partial charge < -0.3 is 11.1 Å². The number of aromatic nitrogens is 2. The predicted molar refractivity (Wildman–Crippen MR) is 65.0 cm³/mol. The first-order valence-corrected chi connectivity index (χ1v) is 6.19. The van der Waals surface area contributed by atoms with E-state index in [-0.39, 0.29) is 0 Å². The molecule has 94 valence electrons. The topological polar surface area (TPSA) is 63.8 Å². The number of halogens is 1. The lowest BCUT2D eigenvalue weighted by Gasteiger charge is -2.27. The molecule has 0 spiro atoms. The average molecular weight is 238 g/mol. The van der Waals surface area contributed by atoms with Crippen LogP contribution >= 0.6 is 0 Å². The van der Waals surface area contributed by atoms with Gasteiger partial charge in [0.1, 0.15) is 0 Å². The van der Waals surface area contributed by atoms with E-state index < -0.39 is 5.82 Å². The van der Waals surface area contributed by atoms with Crippen LogP contribution in [-0.2, 0) is 0 Å². The zero-order valence-electron chi connectivity index (χ0n) is 9.90. The average Bonchev–Trinajstić information content (AvgIpc) is 2.39. The van der Waals surface area contributed by atoms with Gasteiger partial charge in [-0.05, 0) is 44.1 Å². The van der Waals surface area contributed by atoms with Crippen LogP contribution in [0.2, 0.25) is 0 Å². The highest BCUT2D eigenvalue weighted by molar-refractivity contribution is 5.22. The molecular weight excluding hydrogens is 219 g/mol. The van der Waals surface area contributed by atoms with Crippen molar-refractivity contribution >= 4 is 5.95 Å². The van der Waals surface area contributed by atoms with E-state index in [2.05, 4.69) is 15.3 Å². The van der Waals surface area contributed by atoms with Crippen LogP contribution in [0.25, 0.3) is 0 Å². The van der Waals surface area contributed by atoms with Gasteiger partial charge in [-0.2, -0.15) is 0 Å². The van der Waals surface area contributed by atoms with E-state index in [1.54, 1.807) is 0 Å². The summed E-state index contributed by atoms with van der Waals surface area (Å²) in [6.07, 6.45) is 7.20. The first-order valence-electron chi connectivity index (χ1n) is 6.19. The second-order valence-electron chi connectivity index (χ2n) is 4.73. The monoisotopic (exact) mass is 238 g/mol. The number of rotatable bonds is 4. The molecule has 0 atom stereocenters. The van der Waals surface area contributed by atoms with E-state index >= 15 is 0 Å². The summed E-state index contributed by atoms with van der Waals surface area (Å²) in [5.74, 6) is 1.46. The molecule has 1 aliphatic carbocycles. The summed E-state index contributed by atoms with van der Waals surface area (Å²) < 4.78 is 12.6. The third-order valence-electron chi connectivity index (χ3n) is 3.47. The number of nitrogens with two attached hydrogens (primary N) is 1. The quantitative estimate of drug-likeness (QED) is 0.839. The van der Waals surface area contributed by atoms with Gasteiger partial charge in [-0.25, -0.2) is 14.4 Å². The Morgan fingerprint density at radius 3 is 2.35 bits per heavy atom. The van der Waals surface area contributed by atoms with Crippen LogP contribution in [0, 0.1) is 17.7 Å². The standard InChI is InChI=1S/C12H19FN4/c13-11-7-16-12(17-8-11)15-6-10-3-1-9(5-14)2-4-10/h7-10H,1-6,14H2,(H,15,16,17). The van der Waals surface area contributed by atoms with Crippen LogP contribution in [0.15, 0.2) is 12.4 Å². The minimum atomic E-state index is -0.404. The molecule has 0 unspecified atom stereocenters. The second-order valence-corrected chi connectivity index (χ2v) is 4.73. The molecular formula is C12H19FN4. The fourth-order valence-corrected chi connectivity index (χ4v) is 2.31. The highest BCUT2D eigenvalue weighted by Crippen LogP contribution is 2.27. The van der Waals surface area contributed by atoms with Gasteiger partial charge in [0, 0.05) is 6.54 Å². The number of anilines is 1. The van der Waals surface area contributed by atoms with Crippen LogP contribution in [0.3, 0.4) is 0 Å². The van der Waals surface area contributed by atoms with E-state index in [9.17, 15) is 4.39 Å². The zero-order chi connectivity index (χ0) is 12.1. The Balaban J connectivity index is 1.74. The molecule has 3 N–H and O–H groups in total. The van der Waals surface area contributed by atoms with Crippen molar-refractivity contribution in [3.8, 4) is 0 Å². The molecule has 17 heavy (non-hydrogen) atoms. The van der Waals surface area contributed by atoms with E-state index in [0.717, 1.165) is 13.1 Å². The molecule has 5 heteroatoms. The Morgan fingerprint density at radius 2 is 1.76 bits per heavy atom. The molecule has 0 amide bonds. The largest absolute Gasteiger partial charge is 0.354 e. The fraction of sp³-hybridized carbons (Fsp3) is 0.667. The van der Waals surface area contributed by atoms with Gasteiger partial charge in [-0.3, -0.25) is 0 Å². The molecule has 4 nitrogen and oxygen atoms in total. The molecule has 1 heterocycles. The van der Waals surface area contributed by atoms with E-state index in [1.165, 1.54) is 38.1 Å². The summed E-state index contributed by atoms with van der Waals surface area (Å²) >= 11 is 0. The minimum absolute atomic E-state index is 0.404. The summed E-state index contributed by atoms with van der Waals surface area (Å²) in [5.41, 5.74) is 5.66. The third-order valence-corrected chi connectivity index (χ3v) is 3.47. The van der Waals surface area contributed by atoms with E-state index in [1.807, 2.05) is 0 Å². The number of nitrogens with zero attached hydrogens (tertiary/aromatic N) is 2. The first-order chi connectivity index (χ1) is 8.28. The molecule has 1 aliphatic rings. The lowest BCUT2D eigenvalue weighted by molar-refractivity contribution is 0.289. The smallest absolute Gasteiger partial charge is 0.222 e. The van der Waals surface area contributed by atoms with Gasteiger partial charge in [0.2, 0.25) is 5.95 Å². The van der Waals surface area contributed by atoms with Crippen molar-refractivity contribution in [1.29, 1.82) is 0 Å². The van der Waals surface area contributed by atoms with Gasteiger partial charge >= 0.3 is 0 Å². The number of nitrogens with one attached hydrogen (secondary N) is 1. The summed E-state index contributed by atoms with van der Waals surface area (Å²) in [5, 5.41) is 3.15. The maximum absolute atomic E-state index is 12.6. The molecule has 2 rings (SSSR count). The van der Waals surface area contributed by atoms with Crippen LogP contribution in [-0.4, -0.2) is 23.1 Å². The van der Waals surface area contributed by atoms with Gasteiger partial charge in [0.15, 0.2) is 5.82 Å². The summed E-state index contributed by atoms with van der Waals surface area (Å²) in [7, 11) is 0.